The van der Waals surface area contributed by atoms with Gasteiger partial charge in [-0.25, -0.2) is 13.2 Å². The lowest BCUT2D eigenvalue weighted by atomic mass is 10.0. The van der Waals surface area contributed by atoms with Crippen molar-refractivity contribution in [1.82, 2.24) is 9.80 Å². The molecule has 2 amide bonds. The van der Waals surface area contributed by atoms with E-state index in [0.717, 1.165) is 19.3 Å². The van der Waals surface area contributed by atoms with Gasteiger partial charge in [0, 0.05) is 36.7 Å². The normalized spacial score (nSPS) is 25.9. The molecule has 0 N–H and O–H groups in total. The highest BCUT2D eigenvalue weighted by Gasteiger charge is 2.40. The van der Waals surface area contributed by atoms with Crippen LogP contribution in [0, 0.1) is 0 Å². The lowest BCUT2D eigenvalue weighted by molar-refractivity contribution is -0.128. The molecule has 7 nitrogen and oxygen atoms in total. The molecule has 9 heteroatoms. The van der Waals surface area contributed by atoms with E-state index in [1.807, 2.05) is 20.8 Å². The zero-order valence-electron chi connectivity index (χ0n) is 14.3. The minimum atomic E-state index is -3.76. The first-order valence-electron chi connectivity index (χ1n) is 8.18. The molecule has 138 valence electrons. The summed E-state index contributed by atoms with van der Waals surface area (Å²) in [7, 11) is 1.61. The quantitative estimate of drug-likeness (QED) is 0.698. The topological polar surface area (TPSA) is 84.0 Å². The zero-order chi connectivity index (χ0) is 18.1. The molecule has 2 atom stereocenters. The van der Waals surface area contributed by atoms with Gasteiger partial charge in [0.05, 0.1) is 6.04 Å². The molecule has 0 aromatic rings. The van der Waals surface area contributed by atoms with E-state index in [2.05, 4.69) is 0 Å². The maximum atomic E-state index is 12.4. The molecule has 24 heavy (non-hydrogen) atoms. The fourth-order valence-corrected chi connectivity index (χ4v) is 4.16. The standard InChI is InChI=1S/C15H25ClN2O5S/c1-15(2,3)23-14(20)18-7-5-4-6-11(18)9-17-10-12(8-13(17)19)24(16,21)22/h11-12H,4-10H2,1-3H3. The Balaban J connectivity index is 2.04. The Labute approximate surface area is 147 Å². The second-order valence-corrected chi connectivity index (χ2v) is 10.3. The van der Waals surface area contributed by atoms with E-state index in [1.165, 1.54) is 4.90 Å². The number of amides is 2. The van der Waals surface area contributed by atoms with Crippen LogP contribution >= 0.6 is 10.7 Å². The largest absolute Gasteiger partial charge is 0.444 e. The molecule has 0 bridgehead atoms. The third kappa shape index (κ3) is 4.99. The maximum absolute atomic E-state index is 12.4. The van der Waals surface area contributed by atoms with E-state index in [9.17, 15) is 18.0 Å². The molecule has 2 aliphatic heterocycles. The maximum Gasteiger partial charge on any atom is 0.410 e. The lowest BCUT2D eigenvalue weighted by Gasteiger charge is -2.38. The molecule has 2 unspecified atom stereocenters. The highest BCUT2D eigenvalue weighted by Crippen LogP contribution is 2.25. The van der Waals surface area contributed by atoms with Gasteiger partial charge < -0.3 is 14.5 Å². The monoisotopic (exact) mass is 380 g/mol. The molecule has 0 radical (unpaired) electrons. The van der Waals surface area contributed by atoms with E-state index in [4.69, 9.17) is 15.4 Å². The van der Waals surface area contributed by atoms with Gasteiger partial charge in [-0.05, 0) is 40.0 Å². The molecule has 2 heterocycles. The van der Waals surface area contributed by atoms with Crippen molar-refractivity contribution in [1.29, 1.82) is 0 Å². The van der Waals surface area contributed by atoms with Gasteiger partial charge in [0.15, 0.2) is 0 Å². The van der Waals surface area contributed by atoms with Crippen molar-refractivity contribution in [2.75, 3.05) is 19.6 Å². The summed E-state index contributed by atoms with van der Waals surface area (Å²) in [5.74, 6) is -0.237. The minimum absolute atomic E-state index is 0.0866. The molecule has 0 aromatic carbocycles. The Morgan fingerprint density at radius 3 is 2.54 bits per heavy atom. The van der Waals surface area contributed by atoms with Gasteiger partial charge in [-0.3, -0.25) is 4.79 Å². The van der Waals surface area contributed by atoms with Crippen LogP contribution in [-0.4, -0.2) is 66.7 Å². The Morgan fingerprint density at radius 2 is 2.00 bits per heavy atom. The van der Waals surface area contributed by atoms with Crippen LogP contribution in [0.5, 0.6) is 0 Å². The number of nitrogens with zero attached hydrogens (tertiary/aromatic N) is 2. The average molecular weight is 381 g/mol. The predicted octanol–water partition coefficient (Wildman–Crippen LogP) is 1.95. The van der Waals surface area contributed by atoms with Gasteiger partial charge in [0.1, 0.15) is 10.9 Å². The Hall–Kier alpha value is -1.02. The van der Waals surface area contributed by atoms with Gasteiger partial charge in [0.2, 0.25) is 15.0 Å². The first-order valence-corrected chi connectivity index (χ1v) is 10.6. The number of hydrogen-bond acceptors (Lipinski definition) is 5. The van der Waals surface area contributed by atoms with Crippen molar-refractivity contribution in [2.24, 2.45) is 0 Å². The number of piperidine rings is 1. The van der Waals surface area contributed by atoms with Crippen molar-refractivity contribution in [2.45, 2.75) is 63.3 Å². The fourth-order valence-electron chi connectivity index (χ4n) is 3.11. The summed E-state index contributed by atoms with van der Waals surface area (Å²) in [5, 5.41) is -0.870. The van der Waals surface area contributed by atoms with Crippen molar-refractivity contribution in [3.63, 3.8) is 0 Å². The van der Waals surface area contributed by atoms with Crippen LogP contribution in [0.25, 0.3) is 0 Å². The number of hydrogen-bond donors (Lipinski definition) is 0. The van der Waals surface area contributed by atoms with Crippen molar-refractivity contribution in [3.8, 4) is 0 Å². The van der Waals surface area contributed by atoms with Gasteiger partial charge in [-0.2, -0.15) is 0 Å². The molecule has 2 fully saturated rings. The smallest absolute Gasteiger partial charge is 0.410 e. The summed E-state index contributed by atoms with van der Waals surface area (Å²) in [6.07, 6.45) is 2.14. The number of carbonyl (C=O) groups is 2. The SMILES string of the molecule is CC(C)(C)OC(=O)N1CCCCC1CN1CC(S(=O)(=O)Cl)CC1=O. The molecule has 2 rings (SSSR count). The summed E-state index contributed by atoms with van der Waals surface area (Å²) < 4.78 is 28.3. The van der Waals surface area contributed by atoms with Crippen LogP contribution in [0.1, 0.15) is 46.5 Å². The number of ether oxygens (including phenoxy) is 1. The molecule has 2 saturated heterocycles. The summed E-state index contributed by atoms with van der Waals surface area (Å²) in [5.41, 5.74) is -0.583. The molecule has 0 spiro atoms. The summed E-state index contributed by atoms with van der Waals surface area (Å²) in [4.78, 5) is 27.6. The van der Waals surface area contributed by atoms with Crippen molar-refractivity contribution >= 4 is 31.7 Å². The van der Waals surface area contributed by atoms with Crippen molar-refractivity contribution in [3.05, 3.63) is 0 Å². The molecular weight excluding hydrogens is 356 g/mol. The highest BCUT2D eigenvalue weighted by atomic mass is 35.7. The van der Waals surface area contributed by atoms with Crippen LogP contribution in [-0.2, 0) is 18.6 Å². The molecule has 0 saturated carbocycles. The van der Waals surface area contributed by atoms with E-state index in [-0.39, 0.29) is 31.0 Å². The number of rotatable bonds is 3. The molecule has 0 aromatic heterocycles. The first-order chi connectivity index (χ1) is 11.0. The van der Waals surface area contributed by atoms with Crippen LogP contribution in [0.15, 0.2) is 0 Å². The van der Waals surface area contributed by atoms with Gasteiger partial charge >= 0.3 is 6.09 Å². The number of halogens is 1. The minimum Gasteiger partial charge on any atom is -0.444 e. The highest BCUT2D eigenvalue weighted by molar-refractivity contribution is 8.14. The lowest BCUT2D eigenvalue weighted by Crippen LogP contribution is -2.51. The molecule has 2 aliphatic rings. The molecular formula is C15H25ClN2O5S. The van der Waals surface area contributed by atoms with E-state index >= 15 is 0 Å². The predicted molar refractivity (Wildman–Crippen MR) is 90.3 cm³/mol. The first kappa shape index (κ1) is 19.3. The van der Waals surface area contributed by atoms with Gasteiger partial charge in [0.25, 0.3) is 0 Å². The summed E-state index contributed by atoms with van der Waals surface area (Å²) in [6, 6.07) is -0.158. The Bertz CT molecular complexity index is 601. The zero-order valence-corrected chi connectivity index (χ0v) is 15.9. The average Bonchev–Trinajstić information content (AvgIpc) is 2.79. The van der Waals surface area contributed by atoms with Crippen molar-refractivity contribution < 1.29 is 22.7 Å². The number of likely N-dealkylation sites (tertiary alicyclic amines) is 2. The third-order valence-electron chi connectivity index (χ3n) is 4.26. The van der Waals surface area contributed by atoms with Crippen LogP contribution < -0.4 is 0 Å². The second kappa shape index (κ2) is 7.07. The Kier molecular flexibility index (Phi) is 5.69. The van der Waals surface area contributed by atoms with Crippen LogP contribution in [0.2, 0.25) is 0 Å². The number of carbonyl (C=O) groups excluding carboxylic acids is 2. The second-order valence-electron chi connectivity index (χ2n) is 7.42. The van der Waals surface area contributed by atoms with Gasteiger partial charge in [-0.15, -0.1) is 0 Å². The van der Waals surface area contributed by atoms with E-state index in [0.29, 0.717) is 13.1 Å². The van der Waals surface area contributed by atoms with E-state index in [1.54, 1.807) is 4.90 Å². The summed E-state index contributed by atoms with van der Waals surface area (Å²) in [6.45, 7) is 6.42. The van der Waals surface area contributed by atoms with E-state index < -0.39 is 19.9 Å². The Morgan fingerprint density at radius 1 is 1.33 bits per heavy atom. The third-order valence-corrected chi connectivity index (χ3v) is 6.13. The molecule has 0 aliphatic carbocycles. The van der Waals surface area contributed by atoms with Crippen LogP contribution in [0.4, 0.5) is 4.79 Å². The van der Waals surface area contributed by atoms with Crippen LogP contribution in [0.3, 0.4) is 0 Å². The fraction of sp³-hybridized carbons (Fsp3) is 0.867. The van der Waals surface area contributed by atoms with Gasteiger partial charge in [-0.1, -0.05) is 0 Å². The summed E-state index contributed by atoms with van der Waals surface area (Å²) >= 11 is 0.